The van der Waals surface area contributed by atoms with Gasteiger partial charge in [0.25, 0.3) is 0 Å². The van der Waals surface area contributed by atoms with Gasteiger partial charge in [0, 0.05) is 43.3 Å². The van der Waals surface area contributed by atoms with Crippen molar-refractivity contribution in [2.24, 2.45) is 0 Å². The summed E-state index contributed by atoms with van der Waals surface area (Å²) < 4.78 is 0. The van der Waals surface area contributed by atoms with E-state index in [4.69, 9.17) is 4.84 Å². The molecule has 1 aromatic heterocycles. The first-order valence-corrected chi connectivity index (χ1v) is 9.16. The number of rotatable bonds is 2. The Morgan fingerprint density at radius 1 is 1.18 bits per heavy atom. The molecule has 0 amide bonds. The van der Waals surface area contributed by atoms with Gasteiger partial charge in [-0.05, 0) is 37.1 Å². The van der Waals surface area contributed by atoms with Crippen LogP contribution in [0.3, 0.4) is 0 Å². The van der Waals surface area contributed by atoms with Crippen LogP contribution in [0.5, 0.6) is 0 Å². The predicted molar refractivity (Wildman–Crippen MR) is 105 cm³/mol. The summed E-state index contributed by atoms with van der Waals surface area (Å²) in [7, 11) is 0. The standard InChI is InChI=1S/C21H20N4O3/c1-16-7-10-19(25(26)27)20(22-16)24-13-11-21(12-14-24)15-18(23-28-21)9-8-17-5-3-2-4-6-17/h2-7,10,15,23H,11-14H2,1H3. The molecule has 28 heavy (non-hydrogen) atoms. The van der Waals surface area contributed by atoms with Gasteiger partial charge in [0.1, 0.15) is 11.3 Å². The molecule has 4 rings (SSSR count). The zero-order chi connectivity index (χ0) is 19.6. The van der Waals surface area contributed by atoms with Crippen molar-refractivity contribution in [1.82, 2.24) is 10.5 Å². The lowest BCUT2D eigenvalue weighted by atomic mass is 9.91. The van der Waals surface area contributed by atoms with Crippen molar-refractivity contribution in [1.29, 1.82) is 0 Å². The molecule has 1 N–H and O–H groups in total. The van der Waals surface area contributed by atoms with Crippen LogP contribution in [0.25, 0.3) is 0 Å². The zero-order valence-electron chi connectivity index (χ0n) is 15.5. The Hall–Kier alpha value is -3.37. The van der Waals surface area contributed by atoms with E-state index in [1.54, 1.807) is 6.07 Å². The molecule has 0 aliphatic carbocycles. The monoisotopic (exact) mass is 376 g/mol. The minimum Gasteiger partial charge on any atom is -0.351 e. The number of nitro groups is 1. The van der Waals surface area contributed by atoms with E-state index in [1.807, 2.05) is 48.2 Å². The van der Waals surface area contributed by atoms with E-state index in [9.17, 15) is 10.1 Å². The minimum absolute atomic E-state index is 0.0389. The highest BCUT2D eigenvalue weighted by molar-refractivity contribution is 5.58. The van der Waals surface area contributed by atoms with Crippen molar-refractivity contribution in [2.45, 2.75) is 25.4 Å². The quantitative estimate of drug-likeness (QED) is 0.493. The minimum atomic E-state index is -0.435. The molecule has 1 fully saturated rings. The third-order valence-corrected chi connectivity index (χ3v) is 4.99. The Labute approximate surface area is 163 Å². The second-order valence-electron chi connectivity index (χ2n) is 6.98. The van der Waals surface area contributed by atoms with E-state index in [0.29, 0.717) is 31.7 Å². The van der Waals surface area contributed by atoms with Crippen LogP contribution in [-0.2, 0) is 4.84 Å². The Bertz CT molecular complexity index is 984. The molecular weight excluding hydrogens is 356 g/mol. The molecule has 0 bridgehead atoms. The van der Waals surface area contributed by atoms with Gasteiger partial charge in [-0.15, -0.1) is 0 Å². The molecule has 0 unspecified atom stereocenters. The summed E-state index contributed by atoms with van der Waals surface area (Å²) in [5.74, 6) is 6.65. The summed E-state index contributed by atoms with van der Waals surface area (Å²) in [6.45, 7) is 3.08. The van der Waals surface area contributed by atoms with Crippen molar-refractivity contribution in [3.63, 3.8) is 0 Å². The number of anilines is 1. The normalized spacial score (nSPS) is 17.5. The molecule has 2 aromatic rings. The van der Waals surface area contributed by atoms with Gasteiger partial charge in [0.2, 0.25) is 5.82 Å². The fraction of sp³-hybridized carbons (Fsp3) is 0.286. The smallest absolute Gasteiger partial charge is 0.311 e. The summed E-state index contributed by atoms with van der Waals surface area (Å²) in [6.07, 6.45) is 3.42. The highest BCUT2D eigenvalue weighted by atomic mass is 16.7. The first-order chi connectivity index (χ1) is 13.5. The fourth-order valence-corrected chi connectivity index (χ4v) is 3.46. The Morgan fingerprint density at radius 2 is 1.93 bits per heavy atom. The van der Waals surface area contributed by atoms with Crippen LogP contribution in [-0.4, -0.2) is 28.6 Å². The molecule has 2 aliphatic heterocycles. The second kappa shape index (κ2) is 7.33. The number of hydrogen-bond acceptors (Lipinski definition) is 6. The number of aromatic nitrogens is 1. The largest absolute Gasteiger partial charge is 0.351 e. The topological polar surface area (TPSA) is 80.5 Å². The van der Waals surface area contributed by atoms with Crippen molar-refractivity contribution in [3.05, 3.63) is 75.6 Å². The van der Waals surface area contributed by atoms with E-state index in [0.717, 1.165) is 17.0 Å². The molecule has 1 saturated heterocycles. The first kappa shape index (κ1) is 18.0. The summed E-state index contributed by atoms with van der Waals surface area (Å²) in [5.41, 5.74) is 4.98. The summed E-state index contributed by atoms with van der Waals surface area (Å²) in [4.78, 5) is 23.2. The molecule has 7 heteroatoms. The maximum absolute atomic E-state index is 11.3. The molecule has 0 saturated carbocycles. The Kier molecular flexibility index (Phi) is 4.72. The van der Waals surface area contributed by atoms with E-state index < -0.39 is 5.60 Å². The third-order valence-electron chi connectivity index (χ3n) is 4.99. The van der Waals surface area contributed by atoms with Gasteiger partial charge in [-0.2, -0.15) is 0 Å². The molecule has 7 nitrogen and oxygen atoms in total. The van der Waals surface area contributed by atoms with Crippen LogP contribution in [0.4, 0.5) is 11.5 Å². The average molecular weight is 376 g/mol. The second-order valence-corrected chi connectivity index (χ2v) is 6.98. The number of benzene rings is 1. The van der Waals surface area contributed by atoms with E-state index >= 15 is 0 Å². The lowest BCUT2D eigenvalue weighted by Crippen LogP contribution is -2.45. The molecule has 2 aliphatic rings. The van der Waals surface area contributed by atoms with Gasteiger partial charge in [0.05, 0.1) is 4.92 Å². The molecule has 0 radical (unpaired) electrons. The van der Waals surface area contributed by atoms with Gasteiger partial charge >= 0.3 is 5.69 Å². The lowest BCUT2D eigenvalue weighted by molar-refractivity contribution is -0.384. The third kappa shape index (κ3) is 3.68. The van der Waals surface area contributed by atoms with Crippen molar-refractivity contribution in [3.8, 4) is 11.8 Å². The summed E-state index contributed by atoms with van der Waals surface area (Å²) >= 11 is 0. The number of piperidine rings is 1. The molecule has 0 atom stereocenters. The maximum Gasteiger partial charge on any atom is 0.311 e. The number of hydrogen-bond donors (Lipinski definition) is 1. The van der Waals surface area contributed by atoms with Crippen LogP contribution in [0.15, 0.2) is 54.2 Å². The molecule has 1 aromatic carbocycles. The van der Waals surface area contributed by atoms with Crippen LogP contribution in [0.1, 0.15) is 24.1 Å². The Morgan fingerprint density at radius 3 is 2.64 bits per heavy atom. The van der Waals surface area contributed by atoms with Crippen molar-refractivity contribution < 1.29 is 9.76 Å². The molecule has 3 heterocycles. The van der Waals surface area contributed by atoms with Crippen LogP contribution >= 0.6 is 0 Å². The maximum atomic E-state index is 11.3. The SMILES string of the molecule is Cc1ccc([N+](=O)[O-])c(N2CCC3(C=C(C#Cc4ccccc4)NO3)CC2)n1. The predicted octanol–water partition coefficient (Wildman–Crippen LogP) is 3.11. The fourth-order valence-electron chi connectivity index (χ4n) is 3.46. The highest BCUT2D eigenvalue weighted by Crippen LogP contribution is 2.35. The number of aryl methyl sites for hydroxylation is 1. The molecular formula is C21H20N4O3. The van der Waals surface area contributed by atoms with Gasteiger partial charge in [0.15, 0.2) is 0 Å². The van der Waals surface area contributed by atoms with Crippen LogP contribution in [0, 0.1) is 28.9 Å². The Balaban J connectivity index is 1.48. The van der Waals surface area contributed by atoms with Gasteiger partial charge in [-0.3, -0.25) is 20.4 Å². The van der Waals surface area contributed by atoms with E-state index in [-0.39, 0.29) is 10.6 Å². The molecule has 1 spiro atoms. The first-order valence-electron chi connectivity index (χ1n) is 9.16. The number of allylic oxidation sites excluding steroid dienone is 1. The van der Waals surface area contributed by atoms with Gasteiger partial charge in [-0.25, -0.2) is 4.98 Å². The van der Waals surface area contributed by atoms with Crippen molar-refractivity contribution in [2.75, 3.05) is 18.0 Å². The number of nitrogens with zero attached hydrogens (tertiary/aromatic N) is 3. The van der Waals surface area contributed by atoms with Gasteiger partial charge < -0.3 is 4.90 Å². The van der Waals surface area contributed by atoms with E-state index in [1.165, 1.54) is 6.07 Å². The number of pyridine rings is 1. The van der Waals surface area contributed by atoms with Crippen LogP contribution < -0.4 is 10.4 Å². The zero-order valence-corrected chi connectivity index (χ0v) is 15.5. The van der Waals surface area contributed by atoms with E-state index in [2.05, 4.69) is 22.3 Å². The van der Waals surface area contributed by atoms with Gasteiger partial charge in [-0.1, -0.05) is 24.1 Å². The summed E-state index contributed by atoms with van der Waals surface area (Å²) in [5, 5.41) is 11.3. The van der Waals surface area contributed by atoms with Crippen molar-refractivity contribution >= 4 is 11.5 Å². The average Bonchev–Trinajstić information content (AvgIpc) is 3.10. The molecule has 142 valence electrons. The highest BCUT2D eigenvalue weighted by Gasteiger charge is 2.39. The lowest BCUT2D eigenvalue weighted by Gasteiger charge is -2.36. The summed E-state index contributed by atoms with van der Waals surface area (Å²) in [6, 6.07) is 13.0. The van der Waals surface area contributed by atoms with Crippen LogP contribution in [0.2, 0.25) is 0 Å². The number of hydroxylamine groups is 1. The number of nitrogens with one attached hydrogen (secondary N) is 1.